The number of anilines is 2. The summed E-state index contributed by atoms with van der Waals surface area (Å²) in [7, 11) is 0. The molecule has 0 saturated carbocycles. The number of rotatable bonds is 18. The van der Waals surface area contributed by atoms with Crippen molar-refractivity contribution in [2.75, 3.05) is 9.80 Å². The zero-order valence-corrected chi connectivity index (χ0v) is 88.0. The lowest BCUT2D eigenvalue weighted by Gasteiger charge is -2.34. The number of ether oxygens (including phenoxy) is 4. The van der Waals surface area contributed by atoms with Crippen molar-refractivity contribution in [1.82, 2.24) is 0 Å². The number of benzene rings is 20. The summed E-state index contributed by atoms with van der Waals surface area (Å²) in [6, 6.07) is 84.8. The molecule has 4 amide bonds. The van der Waals surface area contributed by atoms with E-state index < -0.39 is 23.6 Å². The Labute approximate surface area is 870 Å². The highest BCUT2D eigenvalue weighted by atomic mass is 16.5. The highest BCUT2D eigenvalue weighted by molar-refractivity contribution is 6.48. The lowest BCUT2D eigenvalue weighted by Crippen LogP contribution is -2.42. The smallest absolute Gasteiger partial charge is 0.266 e. The van der Waals surface area contributed by atoms with Crippen molar-refractivity contribution in [2.24, 2.45) is 10.2 Å². The van der Waals surface area contributed by atoms with Crippen LogP contribution in [0.5, 0.6) is 46.0 Å². The predicted molar refractivity (Wildman–Crippen MR) is 615 cm³/mol. The normalized spacial score (nSPS) is 13.7. The van der Waals surface area contributed by atoms with Gasteiger partial charge in [0.2, 0.25) is 0 Å². The number of imide groups is 2. The minimum atomic E-state index is -0.476. The first kappa shape index (κ1) is 94.1. The van der Waals surface area contributed by atoms with Gasteiger partial charge in [0.15, 0.2) is 0 Å². The third kappa shape index (κ3) is 14.7. The summed E-state index contributed by atoms with van der Waals surface area (Å²) in [6.07, 6.45) is 9.04. The molecule has 0 radical (unpaired) electrons. The van der Waals surface area contributed by atoms with Crippen LogP contribution >= 0.6 is 0 Å². The van der Waals surface area contributed by atoms with E-state index in [0.29, 0.717) is 101 Å². The van der Waals surface area contributed by atoms with Crippen LogP contribution in [0.2, 0.25) is 0 Å². The standard InChI is InChI=1S/C134H112N8O8/c1-67(2)97-49-71(65-137-139-135)50-98(68(3)4)125(97)141-127(143)105-61-109(147-85-33-25-81(26-34-85)131(9,10)11)119-93-45-41-89-101-57-77-53-73-21-23-75-55-79-59-103-91-43-47-95-116-96(48-44-92(114(91)116)104(103)60-80(79)56-76(75)24-22-74(73)54-78(77)58-102(101)90-42-46-94(115(93)113(89)90)120-110(62-106(128(141)144)117(105)123(119)120)148-86-35-27-82(28-36-86)132(12,13)14)122-112(150-88-39-31-84(32-40-88)134(18,19)20)64-108-118-107(63-111(121(95)124(118)122)149-87-37-29-83(30-38-87)133(15,16)17)129(145)142(130(108)146)126-99(69(5)6)51-72(66-138-140-136)52-100(126)70(7)8/h21-64,67-70H,65-66H2,1-20H3. The van der Waals surface area contributed by atoms with Gasteiger partial charge in [-0.2, -0.15) is 0 Å². The van der Waals surface area contributed by atoms with E-state index in [1.54, 1.807) is 0 Å². The quantitative estimate of drug-likeness (QED) is 0.0201. The highest BCUT2D eigenvalue weighted by Gasteiger charge is 2.45. The molecule has 25 rings (SSSR count). The van der Waals surface area contributed by atoms with Gasteiger partial charge in [0.1, 0.15) is 46.0 Å². The van der Waals surface area contributed by atoms with Gasteiger partial charge in [-0.15, -0.1) is 0 Å². The molecule has 0 fully saturated rings. The van der Waals surface area contributed by atoms with Crippen LogP contribution in [-0.4, -0.2) is 23.6 Å². The maximum Gasteiger partial charge on any atom is 0.266 e. The first-order chi connectivity index (χ1) is 71.7. The molecule has 5 aliphatic rings. The van der Waals surface area contributed by atoms with Gasteiger partial charge in [0.25, 0.3) is 23.6 Å². The van der Waals surface area contributed by atoms with Gasteiger partial charge < -0.3 is 18.9 Å². The summed E-state index contributed by atoms with van der Waals surface area (Å²) in [4.78, 5) is 74.8. The lowest BCUT2D eigenvalue weighted by atomic mass is 9.82. The van der Waals surface area contributed by atoms with Crippen molar-refractivity contribution >= 4 is 167 Å². The van der Waals surface area contributed by atoms with Crippen LogP contribution in [0.4, 0.5) is 11.4 Å². The van der Waals surface area contributed by atoms with Gasteiger partial charge in [-0.05, 0) is 365 Å². The zero-order valence-electron chi connectivity index (χ0n) is 88.0. The SMILES string of the molecule is CC(C)c1cc(CN=[N+]=[N-])cc(C(C)C)c1N1C(=O)c2cc(Oc3ccc(C(C)(C)C)cc3)c3c4ccc5c6c(ccc(c7c(Oc8ccc(C(C)(C)C)cc8)cc(c2c37)C1=O)c64)-c1cc2cc3c(cc2cc1-5)C=Cc1cc2cc4c(cc2cc1C=C3)-c1ccc2c3c(Oc5ccc(C(C)(C)C)cc5)cc5c6c(cc(Oc7ccc(C(C)(C)C)cc7)c(c7ccc-4c1c72)c63)C(=O)N(c1c(C(C)C)cc(CN=[N+]=[N-])cc1C(C)C)C5=O. The molecule has 0 unspecified atom stereocenters. The maximum absolute atomic E-state index is 16.5. The molecule has 16 heteroatoms. The Morgan fingerprint density at radius 2 is 0.473 bits per heavy atom. The van der Waals surface area contributed by atoms with E-state index >= 15 is 19.2 Å². The Morgan fingerprint density at radius 1 is 0.253 bits per heavy atom. The second-order valence-electron chi connectivity index (χ2n) is 47.0. The molecule has 736 valence electrons. The van der Waals surface area contributed by atoms with Crippen LogP contribution < -0.4 is 28.7 Å². The topological polar surface area (TPSA) is 209 Å². The van der Waals surface area contributed by atoms with Crippen LogP contribution in [0, 0.1) is 0 Å². The molecule has 2 heterocycles. The molecule has 0 N–H and O–H groups in total. The number of carbonyl (C=O) groups is 4. The van der Waals surface area contributed by atoms with E-state index in [-0.39, 0.29) is 58.4 Å². The minimum Gasteiger partial charge on any atom is -0.457 e. The summed E-state index contributed by atoms with van der Waals surface area (Å²) in [5.41, 5.74) is 43.1. The van der Waals surface area contributed by atoms with Crippen molar-refractivity contribution in [3.63, 3.8) is 0 Å². The van der Waals surface area contributed by atoms with Gasteiger partial charge in [-0.1, -0.05) is 294 Å². The van der Waals surface area contributed by atoms with Gasteiger partial charge in [0, 0.05) is 52.9 Å². The first-order valence-corrected chi connectivity index (χ1v) is 52.2. The average molecular weight is 1960 g/mol. The molecular weight excluding hydrogens is 1850 g/mol. The molecule has 0 atom stereocenters. The fraction of sp³-hybridized carbons (Fsp3) is 0.224. The van der Waals surface area contributed by atoms with Gasteiger partial charge >= 0.3 is 0 Å². The van der Waals surface area contributed by atoms with E-state index in [1.807, 2.05) is 97.1 Å². The monoisotopic (exact) mass is 1960 g/mol. The van der Waals surface area contributed by atoms with E-state index in [1.165, 1.54) is 9.80 Å². The third-order valence-corrected chi connectivity index (χ3v) is 32.0. The first-order valence-electron chi connectivity index (χ1n) is 52.2. The van der Waals surface area contributed by atoms with E-state index in [0.717, 1.165) is 209 Å². The average Bonchev–Trinajstić information content (AvgIpc) is 1.36. The highest BCUT2D eigenvalue weighted by Crippen LogP contribution is 2.62. The van der Waals surface area contributed by atoms with Crippen LogP contribution in [0.15, 0.2) is 253 Å². The Kier molecular flexibility index (Phi) is 21.2. The molecule has 0 bridgehead atoms. The summed E-state index contributed by atoms with van der Waals surface area (Å²) >= 11 is 0. The Balaban J connectivity index is 0.627. The zero-order chi connectivity index (χ0) is 104. The molecule has 0 aromatic heterocycles. The molecule has 0 saturated heterocycles. The number of hydrogen-bond donors (Lipinski definition) is 0. The minimum absolute atomic E-state index is 0.104. The molecule has 20 aromatic rings. The van der Waals surface area contributed by atoms with E-state index in [2.05, 4.69) is 328 Å². The fourth-order valence-corrected chi connectivity index (χ4v) is 24.4. The predicted octanol–water partition coefficient (Wildman–Crippen LogP) is 38.1. The van der Waals surface area contributed by atoms with Gasteiger partial charge in [-0.3, -0.25) is 19.2 Å². The number of carbonyl (C=O) groups excluding carboxylic acids is 4. The number of fused-ring (bicyclic) bond motifs is 14. The maximum atomic E-state index is 16.5. The second-order valence-corrected chi connectivity index (χ2v) is 47.0. The fourth-order valence-electron chi connectivity index (χ4n) is 24.4. The Morgan fingerprint density at radius 3 is 0.680 bits per heavy atom. The molecule has 2 aliphatic heterocycles. The molecular formula is C134H112N8O8. The number of azide groups is 2. The van der Waals surface area contributed by atoms with Crippen molar-refractivity contribution in [1.29, 1.82) is 0 Å². The van der Waals surface area contributed by atoms with E-state index in [9.17, 15) is 11.1 Å². The second kappa shape index (κ2) is 33.8. The van der Waals surface area contributed by atoms with Gasteiger partial charge in [0.05, 0.1) is 46.7 Å². The van der Waals surface area contributed by atoms with Crippen molar-refractivity contribution in [3.8, 4) is 90.5 Å². The summed E-state index contributed by atoms with van der Waals surface area (Å²) in [5.74, 6) is 1.64. The molecule has 16 nitrogen and oxygen atoms in total. The molecule has 150 heavy (non-hydrogen) atoms. The van der Waals surface area contributed by atoms with Crippen molar-refractivity contribution in [3.05, 3.63) is 364 Å². The van der Waals surface area contributed by atoms with Crippen LogP contribution in [-0.2, 0) is 34.7 Å². The van der Waals surface area contributed by atoms with Crippen LogP contribution in [0.3, 0.4) is 0 Å². The summed E-state index contributed by atoms with van der Waals surface area (Å²) in [6.45, 7) is 42.9. The lowest BCUT2D eigenvalue weighted by molar-refractivity contribution is 0.0877. The van der Waals surface area contributed by atoms with Gasteiger partial charge in [-0.25, -0.2) is 9.80 Å². The number of amides is 4. The van der Waals surface area contributed by atoms with E-state index in [4.69, 9.17) is 18.9 Å². The number of hydrogen-bond acceptors (Lipinski definition) is 10. The van der Waals surface area contributed by atoms with Crippen molar-refractivity contribution < 1.29 is 38.1 Å². The molecule has 0 spiro atoms. The largest absolute Gasteiger partial charge is 0.457 e. The van der Waals surface area contributed by atoms with Crippen molar-refractivity contribution in [2.45, 2.75) is 197 Å². The third-order valence-electron chi connectivity index (χ3n) is 32.0. The summed E-state index contributed by atoms with van der Waals surface area (Å²) < 4.78 is 29.5. The molecule has 20 aromatic carbocycles. The van der Waals surface area contributed by atoms with Crippen LogP contribution in [0.25, 0.3) is 197 Å². The number of nitrogens with zero attached hydrogens (tertiary/aromatic N) is 8. The van der Waals surface area contributed by atoms with Crippen LogP contribution in [0.1, 0.15) is 281 Å². The Hall–Kier alpha value is -16.9. The molecule has 3 aliphatic carbocycles. The Bertz CT molecular complexity index is 8570. The summed E-state index contributed by atoms with van der Waals surface area (Å²) in [5, 5.41) is 25.5.